The molecule has 3 rings (SSSR count). The molecule has 1 aliphatic heterocycles. The van der Waals surface area contributed by atoms with Crippen molar-refractivity contribution >= 4 is 11.9 Å². The molecule has 0 aromatic heterocycles. The highest BCUT2D eigenvalue weighted by Crippen LogP contribution is 2.33. The SMILES string of the molecule is CN1C(=N)NC(CNCC2CC2)(CC2CCCCC2)C1=O. The Morgan fingerprint density at radius 3 is 2.52 bits per heavy atom. The average molecular weight is 292 g/mol. The molecule has 3 fully saturated rings. The number of nitrogens with one attached hydrogen (secondary N) is 3. The lowest BCUT2D eigenvalue weighted by atomic mass is 9.79. The predicted octanol–water partition coefficient (Wildman–Crippen LogP) is 1.69. The molecule has 2 aliphatic carbocycles. The largest absolute Gasteiger partial charge is 0.341 e. The Bertz CT molecular complexity index is 415. The number of carbonyl (C=O) groups excluding carboxylic acids is 1. The number of rotatable bonds is 6. The Labute approximate surface area is 127 Å². The Hall–Kier alpha value is -1.10. The van der Waals surface area contributed by atoms with E-state index >= 15 is 0 Å². The molecular weight excluding hydrogens is 264 g/mol. The van der Waals surface area contributed by atoms with Crippen LogP contribution in [0.4, 0.5) is 0 Å². The van der Waals surface area contributed by atoms with Crippen LogP contribution in [0.1, 0.15) is 51.4 Å². The molecule has 0 aromatic rings. The highest BCUT2D eigenvalue weighted by Gasteiger charge is 2.49. The van der Waals surface area contributed by atoms with Crippen molar-refractivity contribution in [2.24, 2.45) is 11.8 Å². The number of hydrogen-bond acceptors (Lipinski definition) is 3. The predicted molar refractivity (Wildman–Crippen MR) is 83.1 cm³/mol. The summed E-state index contributed by atoms with van der Waals surface area (Å²) >= 11 is 0. The van der Waals surface area contributed by atoms with Gasteiger partial charge in [-0.3, -0.25) is 15.1 Å². The second-order valence-corrected chi connectivity index (χ2v) is 7.20. The fourth-order valence-corrected chi connectivity index (χ4v) is 3.81. The summed E-state index contributed by atoms with van der Waals surface area (Å²) in [6, 6.07) is 0. The first kappa shape index (κ1) is 14.8. The summed E-state index contributed by atoms with van der Waals surface area (Å²) < 4.78 is 0. The Morgan fingerprint density at radius 2 is 1.95 bits per heavy atom. The zero-order valence-corrected chi connectivity index (χ0v) is 13.1. The van der Waals surface area contributed by atoms with Crippen LogP contribution in [0.25, 0.3) is 0 Å². The van der Waals surface area contributed by atoms with Crippen LogP contribution in [0.2, 0.25) is 0 Å². The minimum Gasteiger partial charge on any atom is -0.341 e. The van der Waals surface area contributed by atoms with Gasteiger partial charge in [0.1, 0.15) is 5.54 Å². The normalized spacial score (nSPS) is 30.8. The quantitative estimate of drug-likeness (QED) is 0.698. The van der Waals surface area contributed by atoms with Gasteiger partial charge in [0, 0.05) is 13.6 Å². The molecule has 5 heteroatoms. The topological polar surface area (TPSA) is 68.2 Å². The Balaban J connectivity index is 1.66. The second-order valence-electron chi connectivity index (χ2n) is 7.20. The second kappa shape index (κ2) is 5.95. The maximum atomic E-state index is 12.7. The first-order valence-electron chi connectivity index (χ1n) is 8.46. The molecule has 3 N–H and O–H groups in total. The fraction of sp³-hybridized carbons (Fsp3) is 0.875. The van der Waals surface area contributed by atoms with E-state index in [0.717, 1.165) is 18.9 Å². The van der Waals surface area contributed by atoms with E-state index in [1.807, 2.05) is 0 Å². The number of guanidine groups is 1. The summed E-state index contributed by atoms with van der Waals surface area (Å²) in [5.74, 6) is 1.76. The average Bonchev–Trinajstić information content (AvgIpc) is 3.27. The summed E-state index contributed by atoms with van der Waals surface area (Å²) in [4.78, 5) is 14.2. The van der Waals surface area contributed by atoms with Gasteiger partial charge >= 0.3 is 0 Å². The van der Waals surface area contributed by atoms with Crippen molar-refractivity contribution in [1.82, 2.24) is 15.5 Å². The van der Waals surface area contributed by atoms with Crippen molar-refractivity contribution in [3.8, 4) is 0 Å². The molecular formula is C16H28N4O. The zero-order chi connectivity index (χ0) is 14.9. The van der Waals surface area contributed by atoms with E-state index in [-0.39, 0.29) is 11.9 Å². The van der Waals surface area contributed by atoms with Crippen molar-refractivity contribution in [3.05, 3.63) is 0 Å². The maximum Gasteiger partial charge on any atom is 0.256 e. The van der Waals surface area contributed by atoms with Crippen LogP contribution in [-0.2, 0) is 4.79 Å². The van der Waals surface area contributed by atoms with Gasteiger partial charge in [0.2, 0.25) is 0 Å². The van der Waals surface area contributed by atoms with Crippen molar-refractivity contribution < 1.29 is 4.79 Å². The van der Waals surface area contributed by atoms with Crippen molar-refractivity contribution in [2.45, 2.75) is 56.9 Å². The lowest BCUT2D eigenvalue weighted by Crippen LogP contribution is -2.55. The number of carbonyl (C=O) groups is 1. The van der Waals surface area contributed by atoms with E-state index in [2.05, 4.69) is 10.6 Å². The van der Waals surface area contributed by atoms with Crippen LogP contribution in [0, 0.1) is 17.2 Å². The lowest BCUT2D eigenvalue weighted by Gasteiger charge is -2.33. The molecule has 118 valence electrons. The molecule has 0 spiro atoms. The van der Waals surface area contributed by atoms with E-state index in [9.17, 15) is 4.79 Å². The summed E-state index contributed by atoms with van der Waals surface area (Å²) in [5, 5.41) is 14.6. The van der Waals surface area contributed by atoms with Crippen LogP contribution in [0.3, 0.4) is 0 Å². The van der Waals surface area contributed by atoms with Gasteiger partial charge in [-0.25, -0.2) is 0 Å². The fourth-order valence-electron chi connectivity index (χ4n) is 3.81. The van der Waals surface area contributed by atoms with Gasteiger partial charge < -0.3 is 10.6 Å². The zero-order valence-electron chi connectivity index (χ0n) is 13.1. The molecule has 0 radical (unpaired) electrons. The molecule has 1 amide bonds. The monoisotopic (exact) mass is 292 g/mol. The Morgan fingerprint density at radius 1 is 1.24 bits per heavy atom. The van der Waals surface area contributed by atoms with Gasteiger partial charge in [-0.05, 0) is 37.6 Å². The van der Waals surface area contributed by atoms with E-state index in [0.29, 0.717) is 12.5 Å². The van der Waals surface area contributed by atoms with Gasteiger partial charge in [0.05, 0.1) is 0 Å². The third-order valence-electron chi connectivity index (χ3n) is 5.33. The van der Waals surface area contributed by atoms with Crippen molar-refractivity contribution in [3.63, 3.8) is 0 Å². The molecule has 2 saturated carbocycles. The number of nitrogens with zero attached hydrogens (tertiary/aromatic N) is 1. The molecule has 0 aromatic carbocycles. The van der Waals surface area contributed by atoms with E-state index in [1.165, 1.54) is 49.8 Å². The van der Waals surface area contributed by atoms with E-state index < -0.39 is 5.54 Å². The molecule has 5 nitrogen and oxygen atoms in total. The minimum atomic E-state index is -0.581. The van der Waals surface area contributed by atoms with Crippen molar-refractivity contribution in [1.29, 1.82) is 5.41 Å². The lowest BCUT2D eigenvalue weighted by molar-refractivity contribution is -0.130. The summed E-state index contributed by atoms with van der Waals surface area (Å²) in [6.07, 6.45) is 9.89. The van der Waals surface area contributed by atoms with Gasteiger partial charge in [-0.2, -0.15) is 0 Å². The van der Waals surface area contributed by atoms with E-state index in [1.54, 1.807) is 7.05 Å². The molecule has 21 heavy (non-hydrogen) atoms. The molecule has 3 aliphatic rings. The smallest absolute Gasteiger partial charge is 0.256 e. The van der Waals surface area contributed by atoms with Crippen LogP contribution < -0.4 is 10.6 Å². The minimum absolute atomic E-state index is 0.0707. The van der Waals surface area contributed by atoms with Crippen LogP contribution in [-0.4, -0.2) is 42.4 Å². The van der Waals surface area contributed by atoms with Gasteiger partial charge in [-0.1, -0.05) is 32.1 Å². The summed E-state index contributed by atoms with van der Waals surface area (Å²) in [5.41, 5.74) is -0.581. The highest BCUT2D eigenvalue weighted by atomic mass is 16.2. The molecule has 0 bridgehead atoms. The summed E-state index contributed by atoms with van der Waals surface area (Å²) in [6.45, 7) is 1.67. The standard InChI is InChI=1S/C16H28N4O/c1-20-14(21)16(19-15(20)17,11-18-10-13-7-8-13)9-12-5-3-2-4-6-12/h12-13,18H,2-11H2,1H3,(H2,17,19). The molecule has 1 heterocycles. The van der Waals surface area contributed by atoms with Gasteiger partial charge in [0.15, 0.2) is 5.96 Å². The maximum absolute atomic E-state index is 12.7. The number of hydrogen-bond donors (Lipinski definition) is 3. The summed E-state index contributed by atoms with van der Waals surface area (Å²) in [7, 11) is 1.71. The third-order valence-corrected chi connectivity index (χ3v) is 5.33. The van der Waals surface area contributed by atoms with Crippen molar-refractivity contribution in [2.75, 3.05) is 20.1 Å². The van der Waals surface area contributed by atoms with Crippen LogP contribution >= 0.6 is 0 Å². The molecule has 1 saturated heterocycles. The third kappa shape index (κ3) is 3.23. The van der Waals surface area contributed by atoms with Crippen LogP contribution in [0.5, 0.6) is 0 Å². The van der Waals surface area contributed by atoms with Crippen LogP contribution in [0.15, 0.2) is 0 Å². The van der Waals surface area contributed by atoms with Gasteiger partial charge in [0.25, 0.3) is 5.91 Å². The molecule has 1 unspecified atom stereocenters. The van der Waals surface area contributed by atoms with E-state index in [4.69, 9.17) is 5.41 Å². The number of amides is 1. The number of likely N-dealkylation sites (N-methyl/N-ethyl adjacent to an activating group) is 1. The first-order chi connectivity index (χ1) is 10.1. The molecule has 1 atom stereocenters. The highest BCUT2D eigenvalue weighted by molar-refractivity contribution is 6.07. The Kier molecular flexibility index (Phi) is 4.20. The first-order valence-corrected chi connectivity index (χ1v) is 8.46. The van der Waals surface area contributed by atoms with Gasteiger partial charge in [-0.15, -0.1) is 0 Å².